The predicted octanol–water partition coefficient (Wildman–Crippen LogP) is 7.76. The molecule has 0 spiro atoms. The van der Waals surface area contributed by atoms with Crippen LogP contribution in [0.15, 0.2) is 0 Å². The molecule has 3 N–H and O–H groups in total. The Morgan fingerprint density at radius 2 is 0.882 bits per heavy atom. The third-order valence-corrected chi connectivity index (χ3v) is 8.50. The highest BCUT2D eigenvalue weighted by Crippen LogP contribution is 2.26. The minimum absolute atomic E-state index is 0.106. The molecule has 5 heteroatoms. The van der Waals surface area contributed by atoms with Crippen LogP contribution in [0.2, 0.25) is 0 Å². The Bertz CT molecular complexity index is 423. The zero-order valence-electron chi connectivity index (χ0n) is 22.4. The van der Waals surface area contributed by atoms with E-state index in [2.05, 4.69) is 6.92 Å². The maximum atomic E-state index is 9.93. The van der Waals surface area contributed by atoms with Crippen LogP contribution in [-0.2, 0) is 4.74 Å². The van der Waals surface area contributed by atoms with Crippen molar-refractivity contribution in [3.63, 3.8) is 0 Å². The molecule has 1 heterocycles. The summed E-state index contributed by atoms with van der Waals surface area (Å²) >= 11 is 1.56. The van der Waals surface area contributed by atoms with Crippen molar-refractivity contribution in [3.05, 3.63) is 0 Å². The van der Waals surface area contributed by atoms with E-state index in [9.17, 15) is 15.3 Å². The summed E-state index contributed by atoms with van der Waals surface area (Å²) in [5.41, 5.74) is -0.409. The highest BCUT2D eigenvalue weighted by atomic mass is 32.2. The van der Waals surface area contributed by atoms with Crippen LogP contribution in [0.4, 0.5) is 0 Å². The fourth-order valence-electron chi connectivity index (χ4n) is 4.84. The van der Waals surface area contributed by atoms with E-state index >= 15 is 0 Å². The normalized spacial score (nSPS) is 22.9. The van der Waals surface area contributed by atoms with Crippen molar-refractivity contribution < 1.29 is 20.1 Å². The maximum Gasteiger partial charge on any atom is 0.131 e. The maximum absolute atomic E-state index is 9.93. The molecule has 0 aromatic carbocycles. The topological polar surface area (TPSA) is 69.9 Å². The summed E-state index contributed by atoms with van der Waals surface area (Å²) in [7, 11) is 0. The summed E-state index contributed by atoms with van der Waals surface area (Å²) < 4.78 is 5.43. The fourth-order valence-corrected chi connectivity index (χ4v) is 5.97. The molecular weight excluding hydrogens is 444 g/mol. The summed E-state index contributed by atoms with van der Waals surface area (Å²) in [6.45, 7) is 2.40. The van der Waals surface area contributed by atoms with Gasteiger partial charge in [-0.2, -0.15) is 0 Å². The molecule has 4 nitrogen and oxygen atoms in total. The van der Waals surface area contributed by atoms with Crippen LogP contribution in [0.1, 0.15) is 148 Å². The summed E-state index contributed by atoms with van der Waals surface area (Å²) in [6, 6.07) is 0. The molecule has 1 rings (SSSR count). The van der Waals surface area contributed by atoms with E-state index in [0.29, 0.717) is 0 Å². The van der Waals surface area contributed by atoms with Crippen LogP contribution in [0, 0.1) is 0 Å². The first kappa shape index (κ1) is 32.2. The van der Waals surface area contributed by atoms with Gasteiger partial charge in [-0.05, 0) is 12.2 Å². The van der Waals surface area contributed by atoms with Gasteiger partial charge in [0, 0.05) is 0 Å². The minimum atomic E-state index is -1.09. The number of rotatable bonds is 24. The monoisotopic (exact) mass is 502 g/mol. The average molecular weight is 503 g/mol. The number of hydrogen-bond acceptors (Lipinski definition) is 5. The molecular formula is C29H58O4S. The van der Waals surface area contributed by atoms with Crippen molar-refractivity contribution in [3.8, 4) is 0 Å². The lowest BCUT2D eigenvalue weighted by molar-refractivity contribution is -0.161. The van der Waals surface area contributed by atoms with Gasteiger partial charge in [-0.15, -0.1) is 11.8 Å². The van der Waals surface area contributed by atoms with Crippen molar-refractivity contribution in [1.82, 2.24) is 0 Å². The molecule has 1 saturated heterocycles. The van der Waals surface area contributed by atoms with Gasteiger partial charge in [0.15, 0.2) is 0 Å². The Hall–Kier alpha value is 0.190. The molecule has 0 aromatic heterocycles. The molecule has 0 amide bonds. The number of thioether (sulfide) groups is 1. The third-order valence-electron chi connectivity index (χ3n) is 7.23. The molecule has 1 aliphatic rings. The number of unbranched alkanes of at least 4 members (excludes halogenated alkanes) is 21. The van der Waals surface area contributed by atoms with Gasteiger partial charge in [0.25, 0.3) is 0 Å². The van der Waals surface area contributed by atoms with Crippen molar-refractivity contribution in [2.24, 2.45) is 0 Å². The van der Waals surface area contributed by atoms with Crippen molar-refractivity contribution in [2.45, 2.75) is 172 Å². The van der Waals surface area contributed by atoms with Gasteiger partial charge in [-0.3, -0.25) is 0 Å². The van der Waals surface area contributed by atoms with E-state index in [1.165, 1.54) is 135 Å². The first-order valence-electron chi connectivity index (χ1n) is 14.9. The SMILES string of the molecule is CCCCCCCCCCCCCCCCCCCCCCCCS[C@@H]1OC[C@@H](O)[C@H](O)[C@H]1O. The third kappa shape index (κ3) is 17.6. The smallest absolute Gasteiger partial charge is 0.131 e. The number of hydrogen-bond donors (Lipinski definition) is 3. The van der Waals surface area contributed by atoms with Crippen molar-refractivity contribution in [1.29, 1.82) is 0 Å². The fraction of sp³-hybridized carbons (Fsp3) is 1.00. The Morgan fingerprint density at radius 1 is 0.529 bits per heavy atom. The number of ether oxygens (including phenoxy) is 1. The summed E-state index contributed by atoms with van der Waals surface area (Å²) in [5.74, 6) is 0.934. The second-order valence-electron chi connectivity index (χ2n) is 10.5. The Morgan fingerprint density at radius 3 is 1.26 bits per heavy atom. The molecule has 0 radical (unpaired) electrons. The Labute approximate surface area is 216 Å². The molecule has 0 unspecified atom stereocenters. The van der Waals surface area contributed by atoms with Crippen molar-refractivity contribution >= 4 is 11.8 Å². The highest BCUT2D eigenvalue weighted by molar-refractivity contribution is 7.99. The zero-order chi connectivity index (χ0) is 24.7. The van der Waals surface area contributed by atoms with Crippen LogP contribution < -0.4 is 0 Å². The lowest BCUT2D eigenvalue weighted by Gasteiger charge is -2.34. The van der Waals surface area contributed by atoms with Crippen LogP contribution in [0.3, 0.4) is 0 Å². The molecule has 4 atom stereocenters. The standard InChI is InChI=1S/C29H58O4S/c1-2-3-4-5-6-7-8-9-10-11-12-13-14-15-16-17-18-19-20-21-22-23-24-34-29-28(32)27(31)26(30)25-33-29/h26-32H,2-25H2,1H3/t26-,27+,28-,29+/m1/s1. The van der Waals surface area contributed by atoms with Gasteiger partial charge in [-0.1, -0.05) is 142 Å². The van der Waals surface area contributed by atoms with E-state index in [1.807, 2.05) is 0 Å². The van der Waals surface area contributed by atoms with Crippen LogP contribution in [0.25, 0.3) is 0 Å². The second kappa shape index (κ2) is 23.6. The molecule has 1 aliphatic heterocycles. The average Bonchev–Trinajstić information content (AvgIpc) is 2.84. The largest absolute Gasteiger partial charge is 0.388 e. The van der Waals surface area contributed by atoms with Crippen molar-refractivity contribution in [2.75, 3.05) is 12.4 Å². The first-order valence-corrected chi connectivity index (χ1v) is 16.0. The lowest BCUT2D eigenvalue weighted by atomic mass is 10.0. The minimum Gasteiger partial charge on any atom is -0.388 e. The van der Waals surface area contributed by atoms with Gasteiger partial charge in [0.2, 0.25) is 0 Å². The molecule has 204 valence electrons. The number of aliphatic hydroxyl groups excluding tert-OH is 3. The molecule has 34 heavy (non-hydrogen) atoms. The second-order valence-corrected chi connectivity index (χ2v) is 11.8. The summed E-state index contributed by atoms with van der Waals surface area (Å²) in [5, 5.41) is 29.1. The molecule has 0 aliphatic carbocycles. The molecule has 0 saturated carbocycles. The Balaban J connectivity index is 1.70. The van der Waals surface area contributed by atoms with Gasteiger partial charge in [0.1, 0.15) is 23.7 Å². The van der Waals surface area contributed by atoms with Gasteiger partial charge in [-0.25, -0.2) is 0 Å². The molecule has 1 fully saturated rings. The van der Waals surface area contributed by atoms with Gasteiger partial charge < -0.3 is 20.1 Å². The lowest BCUT2D eigenvalue weighted by Crippen LogP contribution is -2.51. The first-order chi connectivity index (χ1) is 16.7. The van der Waals surface area contributed by atoms with Crippen LogP contribution in [0.5, 0.6) is 0 Å². The summed E-state index contributed by atoms with van der Waals surface area (Å²) in [6.07, 6.45) is 27.6. The number of aliphatic hydroxyl groups is 3. The Kier molecular flexibility index (Phi) is 22.3. The molecule has 0 aromatic rings. The van der Waals surface area contributed by atoms with E-state index in [0.717, 1.165) is 12.2 Å². The van der Waals surface area contributed by atoms with Crippen LogP contribution >= 0.6 is 11.8 Å². The predicted molar refractivity (Wildman–Crippen MR) is 147 cm³/mol. The molecule has 0 bridgehead atoms. The van der Waals surface area contributed by atoms with E-state index < -0.39 is 23.7 Å². The van der Waals surface area contributed by atoms with Crippen LogP contribution in [-0.4, -0.2) is 51.4 Å². The van der Waals surface area contributed by atoms with E-state index in [4.69, 9.17) is 4.74 Å². The van der Waals surface area contributed by atoms with E-state index in [1.54, 1.807) is 11.8 Å². The highest BCUT2D eigenvalue weighted by Gasteiger charge is 2.37. The summed E-state index contributed by atoms with van der Waals surface area (Å²) in [4.78, 5) is 0. The zero-order valence-corrected chi connectivity index (χ0v) is 23.3. The quantitative estimate of drug-likeness (QED) is 0.118. The van der Waals surface area contributed by atoms with Gasteiger partial charge in [0.05, 0.1) is 6.61 Å². The van der Waals surface area contributed by atoms with Gasteiger partial charge >= 0.3 is 0 Å². The van der Waals surface area contributed by atoms with E-state index in [-0.39, 0.29) is 6.61 Å².